The van der Waals surface area contributed by atoms with Gasteiger partial charge in [0.25, 0.3) is 0 Å². The molecule has 18 heavy (non-hydrogen) atoms. The van der Waals surface area contributed by atoms with E-state index in [0.29, 0.717) is 10.8 Å². The molecule has 0 aliphatic carbocycles. The standard InChI is InChI=1S/C12H11Cl2N3S/c13-10-8-16-12(14)17-11(10)15-6-7-18-9-4-2-1-3-5-9/h1-5,8H,6-7H2,(H,15,16,17). The highest BCUT2D eigenvalue weighted by Crippen LogP contribution is 2.20. The predicted octanol–water partition coefficient (Wildman–Crippen LogP) is 3.99. The maximum Gasteiger partial charge on any atom is 0.224 e. The fourth-order valence-corrected chi connectivity index (χ4v) is 2.41. The van der Waals surface area contributed by atoms with E-state index in [4.69, 9.17) is 23.2 Å². The number of rotatable bonds is 5. The summed E-state index contributed by atoms with van der Waals surface area (Å²) in [4.78, 5) is 9.05. The first-order chi connectivity index (χ1) is 8.75. The van der Waals surface area contributed by atoms with E-state index in [0.717, 1.165) is 12.3 Å². The van der Waals surface area contributed by atoms with Gasteiger partial charge in [-0.25, -0.2) is 4.98 Å². The molecule has 1 heterocycles. The lowest BCUT2D eigenvalue weighted by Crippen LogP contribution is -2.06. The quantitative estimate of drug-likeness (QED) is 0.515. The maximum absolute atomic E-state index is 5.94. The second kappa shape index (κ2) is 6.83. The summed E-state index contributed by atoms with van der Waals surface area (Å²) in [5, 5.41) is 3.80. The molecular formula is C12H11Cl2N3S. The van der Waals surface area contributed by atoms with Crippen LogP contribution in [0.25, 0.3) is 0 Å². The first-order valence-electron chi connectivity index (χ1n) is 5.35. The van der Waals surface area contributed by atoms with Crippen molar-refractivity contribution in [1.82, 2.24) is 9.97 Å². The molecule has 0 atom stereocenters. The van der Waals surface area contributed by atoms with Crippen LogP contribution >= 0.6 is 35.0 Å². The van der Waals surface area contributed by atoms with Gasteiger partial charge in [0.05, 0.1) is 6.20 Å². The van der Waals surface area contributed by atoms with Crippen LogP contribution in [0, 0.1) is 0 Å². The predicted molar refractivity (Wildman–Crippen MR) is 77.7 cm³/mol. The first kappa shape index (κ1) is 13.5. The molecule has 0 saturated carbocycles. The third-order valence-electron chi connectivity index (χ3n) is 2.12. The maximum atomic E-state index is 5.94. The Hall–Kier alpha value is -0.970. The largest absolute Gasteiger partial charge is 0.368 e. The summed E-state index contributed by atoms with van der Waals surface area (Å²) in [5.74, 6) is 1.49. The zero-order valence-corrected chi connectivity index (χ0v) is 11.8. The highest BCUT2D eigenvalue weighted by molar-refractivity contribution is 7.99. The van der Waals surface area contributed by atoms with Crippen LogP contribution in [0.2, 0.25) is 10.3 Å². The molecule has 0 saturated heterocycles. The second-order valence-corrected chi connectivity index (χ2v) is 5.34. The van der Waals surface area contributed by atoms with E-state index >= 15 is 0 Å². The van der Waals surface area contributed by atoms with Crippen molar-refractivity contribution >= 4 is 40.8 Å². The zero-order valence-electron chi connectivity index (χ0n) is 9.44. The molecule has 2 aromatic rings. The minimum Gasteiger partial charge on any atom is -0.368 e. The SMILES string of the molecule is Clc1ncc(Cl)c(NCCSc2ccccc2)n1. The monoisotopic (exact) mass is 299 g/mol. The van der Waals surface area contributed by atoms with Crippen molar-refractivity contribution in [3.63, 3.8) is 0 Å². The van der Waals surface area contributed by atoms with Crippen molar-refractivity contribution < 1.29 is 0 Å². The van der Waals surface area contributed by atoms with E-state index in [1.54, 1.807) is 11.8 Å². The van der Waals surface area contributed by atoms with Gasteiger partial charge in [0.15, 0.2) is 0 Å². The molecule has 0 radical (unpaired) electrons. The van der Waals surface area contributed by atoms with E-state index in [2.05, 4.69) is 27.4 Å². The van der Waals surface area contributed by atoms with Crippen molar-refractivity contribution in [3.8, 4) is 0 Å². The van der Waals surface area contributed by atoms with Crippen LogP contribution in [-0.4, -0.2) is 22.3 Å². The van der Waals surface area contributed by atoms with Gasteiger partial charge in [-0.15, -0.1) is 11.8 Å². The van der Waals surface area contributed by atoms with E-state index in [1.807, 2.05) is 18.2 Å². The number of hydrogen-bond acceptors (Lipinski definition) is 4. The lowest BCUT2D eigenvalue weighted by molar-refractivity contribution is 1.12. The molecule has 0 amide bonds. The smallest absolute Gasteiger partial charge is 0.224 e. The molecule has 6 heteroatoms. The van der Waals surface area contributed by atoms with Crippen LogP contribution in [0.15, 0.2) is 41.4 Å². The fourth-order valence-electron chi connectivity index (χ4n) is 1.32. The van der Waals surface area contributed by atoms with Crippen molar-refractivity contribution in [2.24, 2.45) is 0 Å². The van der Waals surface area contributed by atoms with Gasteiger partial charge in [-0.05, 0) is 23.7 Å². The average Bonchev–Trinajstić information content (AvgIpc) is 2.40. The Morgan fingerprint density at radius 3 is 2.72 bits per heavy atom. The molecule has 1 aromatic heterocycles. The Bertz CT molecular complexity index is 508. The van der Waals surface area contributed by atoms with Gasteiger partial charge in [0.1, 0.15) is 10.8 Å². The van der Waals surface area contributed by atoms with Gasteiger partial charge in [-0.2, -0.15) is 4.98 Å². The van der Waals surface area contributed by atoms with Gasteiger partial charge in [-0.3, -0.25) is 0 Å². The highest BCUT2D eigenvalue weighted by Gasteiger charge is 2.03. The molecule has 0 spiro atoms. The van der Waals surface area contributed by atoms with Gasteiger partial charge in [-0.1, -0.05) is 29.8 Å². The first-order valence-corrected chi connectivity index (χ1v) is 7.09. The van der Waals surface area contributed by atoms with Crippen molar-refractivity contribution in [2.75, 3.05) is 17.6 Å². The highest BCUT2D eigenvalue weighted by atomic mass is 35.5. The number of benzene rings is 1. The summed E-state index contributed by atoms with van der Waals surface area (Å²) >= 11 is 13.4. The molecule has 3 nitrogen and oxygen atoms in total. The summed E-state index contributed by atoms with van der Waals surface area (Å²) in [7, 11) is 0. The summed E-state index contributed by atoms with van der Waals surface area (Å²) in [5.41, 5.74) is 0. The van der Waals surface area contributed by atoms with E-state index in [1.165, 1.54) is 11.1 Å². The molecule has 0 unspecified atom stereocenters. The number of anilines is 1. The van der Waals surface area contributed by atoms with Gasteiger partial charge < -0.3 is 5.32 Å². The molecule has 0 aliphatic rings. The molecule has 2 rings (SSSR count). The Balaban J connectivity index is 1.80. The van der Waals surface area contributed by atoms with Crippen LogP contribution < -0.4 is 5.32 Å². The van der Waals surface area contributed by atoms with Crippen LogP contribution in [0.3, 0.4) is 0 Å². The molecule has 0 aliphatic heterocycles. The summed E-state index contributed by atoms with van der Waals surface area (Å²) in [6.07, 6.45) is 1.49. The van der Waals surface area contributed by atoms with E-state index in [9.17, 15) is 0 Å². The van der Waals surface area contributed by atoms with Crippen molar-refractivity contribution in [1.29, 1.82) is 0 Å². The van der Waals surface area contributed by atoms with Crippen molar-refractivity contribution in [3.05, 3.63) is 46.8 Å². The minimum absolute atomic E-state index is 0.192. The Kier molecular flexibility index (Phi) is 5.11. The molecule has 0 fully saturated rings. The van der Waals surface area contributed by atoms with Crippen LogP contribution in [-0.2, 0) is 0 Å². The number of nitrogens with one attached hydrogen (secondary N) is 1. The Labute approximate surface area is 120 Å². The number of hydrogen-bond donors (Lipinski definition) is 1. The number of halogens is 2. The number of aromatic nitrogens is 2. The number of nitrogens with zero attached hydrogens (tertiary/aromatic N) is 2. The lowest BCUT2D eigenvalue weighted by atomic mass is 10.4. The van der Waals surface area contributed by atoms with Gasteiger partial charge in [0, 0.05) is 17.2 Å². The topological polar surface area (TPSA) is 37.8 Å². The summed E-state index contributed by atoms with van der Waals surface area (Å²) in [6.45, 7) is 0.757. The molecule has 0 bridgehead atoms. The summed E-state index contributed by atoms with van der Waals surface area (Å²) < 4.78 is 0. The fraction of sp³-hybridized carbons (Fsp3) is 0.167. The third kappa shape index (κ3) is 4.05. The van der Waals surface area contributed by atoms with Gasteiger partial charge >= 0.3 is 0 Å². The Morgan fingerprint density at radius 1 is 1.17 bits per heavy atom. The van der Waals surface area contributed by atoms with E-state index in [-0.39, 0.29) is 5.28 Å². The lowest BCUT2D eigenvalue weighted by Gasteiger charge is -2.06. The molecular weight excluding hydrogens is 289 g/mol. The molecule has 94 valence electrons. The molecule has 1 aromatic carbocycles. The number of thioether (sulfide) groups is 1. The van der Waals surface area contributed by atoms with E-state index < -0.39 is 0 Å². The minimum atomic E-state index is 0.192. The molecule has 1 N–H and O–H groups in total. The normalized spacial score (nSPS) is 10.3. The Morgan fingerprint density at radius 2 is 1.94 bits per heavy atom. The van der Waals surface area contributed by atoms with Crippen LogP contribution in [0.5, 0.6) is 0 Å². The van der Waals surface area contributed by atoms with Crippen molar-refractivity contribution in [2.45, 2.75) is 4.90 Å². The van der Waals surface area contributed by atoms with Gasteiger partial charge in [0.2, 0.25) is 5.28 Å². The second-order valence-electron chi connectivity index (χ2n) is 3.42. The third-order valence-corrected chi connectivity index (χ3v) is 3.59. The van der Waals surface area contributed by atoms with Crippen LogP contribution in [0.4, 0.5) is 5.82 Å². The van der Waals surface area contributed by atoms with Crippen LogP contribution in [0.1, 0.15) is 0 Å². The average molecular weight is 300 g/mol. The zero-order chi connectivity index (χ0) is 12.8. The summed E-state index contributed by atoms with van der Waals surface area (Å²) in [6, 6.07) is 10.2.